The molecule has 1 N–H and O–H groups in total. The van der Waals surface area contributed by atoms with Crippen LogP contribution in [0.1, 0.15) is 36.6 Å². The lowest BCUT2D eigenvalue weighted by atomic mass is 10.2. The van der Waals surface area contributed by atoms with E-state index in [9.17, 15) is 0 Å². The monoisotopic (exact) mass is 253 g/mol. The molecule has 0 radical (unpaired) electrons. The minimum Gasteiger partial charge on any atom is -0.379 e. The molecule has 3 rings (SSSR count). The van der Waals surface area contributed by atoms with Crippen LogP contribution in [0.4, 0.5) is 5.82 Å². The Balaban J connectivity index is 1.85. The Kier molecular flexibility index (Phi) is 2.92. The van der Waals surface area contributed by atoms with Gasteiger partial charge in [-0.2, -0.15) is 0 Å². The van der Waals surface area contributed by atoms with Gasteiger partial charge >= 0.3 is 0 Å². The first kappa shape index (κ1) is 11.2. The van der Waals surface area contributed by atoms with Gasteiger partial charge in [-0.05, 0) is 26.2 Å². The topological polar surface area (TPSA) is 47.0 Å². The predicted octanol–water partition coefficient (Wildman–Crippen LogP) is 2.52. The van der Waals surface area contributed by atoms with Crippen molar-refractivity contribution in [2.24, 2.45) is 0 Å². The van der Waals surface area contributed by atoms with Gasteiger partial charge in [0.05, 0.1) is 12.6 Å². The van der Waals surface area contributed by atoms with E-state index in [0.717, 1.165) is 36.8 Å². The Bertz CT molecular complexity index is 428. The number of rotatable bonds is 3. The highest BCUT2D eigenvalue weighted by atomic mass is 35.5. The molecule has 2 aliphatic rings. The maximum absolute atomic E-state index is 6.15. The van der Waals surface area contributed by atoms with Gasteiger partial charge in [0.25, 0.3) is 0 Å². The predicted molar refractivity (Wildman–Crippen MR) is 66.6 cm³/mol. The largest absolute Gasteiger partial charge is 0.379 e. The summed E-state index contributed by atoms with van der Waals surface area (Å²) in [5, 5.41) is 3.98. The third kappa shape index (κ3) is 2.38. The highest BCUT2D eigenvalue weighted by Crippen LogP contribution is 2.39. The van der Waals surface area contributed by atoms with Crippen molar-refractivity contribution in [1.82, 2.24) is 9.97 Å². The molecule has 1 aromatic rings. The van der Waals surface area contributed by atoms with Crippen LogP contribution in [0.25, 0.3) is 0 Å². The van der Waals surface area contributed by atoms with Crippen molar-refractivity contribution in [3.63, 3.8) is 0 Å². The molecular weight excluding hydrogens is 238 g/mol. The molecule has 1 aliphatic heterocycles. The third-order valence-electron chi connectivity index (χ3n) is 3.32. The summed E-state index contributed by atoms with van der Waals surface area (Å²) >= 11 is 6.15. The van der Waals surface area contributed by atoms with Gasteiger partial charge in [0.1, 0.15) is 16.8 Å². The SMILES string of the molecule is Cc1c(Cl)nc(C2CC2)nc1NC1CCOC1. The van der Waals surface area contributed by atoms with E-state index in [4.69, 9.17) is 16.3 Å². The molecule has 4 nitrogen and oxygen atoms in total. The van der Waals surface area contributed by atoms with E-state index in [1.165, 1.54) is 12.8 Å². The van der Waals surface area contributed by atoms with E-state index >= 15 is 0 Å². The minimum atomic E-state index is 0.353. The first-order chi connectivity index (χ1) is 8.24. The fourth-order valence-corrected chi connectivity index (χ4v) is 2.19. The van der Waals surface area contributed by atoms with Gasteiger partial charge in [0.2, 0.25) is 0 Å². The third-order valence-corrected chi connectivity index (χ3v) is 3.68. The van der Waals surface area contributed by atoms with Crippen LogP contribution in [0.3, 0.4) is 0 Å². The number of halogens is 1. The Morgan fingerprint density at radius 1 is 1.29 bits per heavy atom. The Morgan fingerprint density at radius 2 is 2.12 bits per heavy atom. The molecule has 92 valence electrons. The van der Waals surface area contributed by atoms with Gasteiger partial charge in [0.15, 0.2) is 0 Å². The lowest BCUT2D eigenvalue weighted by molar-refractivity contribution is 0.195. The summed E-state index contributed by atoms with van der Waals surface area (Å²) in [5.41, 5.74) is 0.933. The minimum absolute atomic E-state index is 0.353. The normalized spacial score (nSPS) is 24.0. The van der Waals surface area contributed by atoms with Crippen molar-refractivity contribution in [2.75, 3.05) is 18.5 Å². The van der Waals surface area contributed by atoms with E-state index in [1.807, 2.05) is 6.92 Å². The van der Waals surface area contributed by atoms with Crippen molar-refractivity contribution in [3.05, 3.63) is 16.5 Å². The second-order valence-corrected chi connectivity index (χ2v) is 5.18. The lowest BCUT2D eigenvalue weighted by Crippen LogP contribution is -2.21. The molecule has 1 saturated heterocycles. The average Bonchev–Trinajstić information content (AvgIpc) is 3.04. The summed E-state index contributed by atoms with van der Waals surface area (Å²) in [5.74, 6) is 2.29. The first-order valence-electron chi connectivity index (χ1n) is 6.12. The van der Waals surface area contributed by atoms with E-state index in [1.54, 1.807) is 0 Å². The molecular formula is C12H16ClN3O. The molecule has 17 heavy (non-hydrogen) atoms. The van der Waals surface area contributed by atoms with Gasteiger partial charge in [-0.1, -0.05) is 11.6 Å². The van der Waals surface area contributed by atoms with Crippen molar-refractivity contribution < 1.29 is 4.74 Å². The van der Waals surface area contributed by atoms with E-state index in [-0.39, 0.29) is 0 Å². The molecule has 1 unspecified atom stereocenters. The summed E-state index contributed by atoms with van der Waals surface area (Å²) in [4.78, 5) is 8.95. The summed E-state index contributed by atoms with van der Waals surface area (Å²) in [6.07, 6.45) is 3.40. The summed E-state index contributed by atoms with van der Waals surface area (Å²) in [7, 11) is 0. The molecule has 0 amide bonds. The van der Waals surface area contributed by atoms with Gasteiger partial charge < -0.3 is 10.1 Å². The Hall–Kier alpha value is -0.870. The smallest absolute Gasteiger partial charge is 0.137 e. The molecule has 1 aliphatic carbocycles. The number of hydrogen-bond acceptors (Lipinski definition) is 4. The first-order valence-corrected chi connectivity index (χ1v) is 6.50. The van der Waals surface area contributed by atoms with E-state index in [0.29, 0.717) is 17.1 Å². The second-order valence-electron chi connectivity index (χ2n) is 4.83. The van der Waals surface area contributed by atoms with Crippen LogP contribution >= 0.6 is 11.6 Å². The molecule has 2 heterocycles. The zero-order valence-electron chi connectivity index (χ0n) is 9.87. The van der Waals surface area contributed by atoms with Gasteiger partial charge in [-0.25, -0.2) is 9.97 Å². The number of aromatic nitrogens is 2. The fraction of sp³-hybridized carbons (Fsp3) is 0.667. The molecule has 1 aromatic heterocycles. The number of nitrogens with zero attached hydrogens (tertiary/aromatic N) is 2. The Morgan fingerprint density at radius 3 is 2.76 bits per heavy atom. The van der Waals surface area contributed by atoms with Crippen molar-refractivity contribution in [3.8, 4) is 0 Å². The average molecular weight is 254 g/mol. The van der Waals surface area contributed by atoms with Crippen LogP contribution in [0.2, 0.25) is 5.15 Å². The Labute approximate surface area is 106 Å². The van der Waals surface area contributed by atoms with Gasteiger partial charge in [-0.15, -0.1) is 0 Å². The van der Waals surface area contributed by atoms with Crippen molar-refractivity contribution in [2.45, 2.75) is 38.1 Å². The maximum Gasteiger partial charge on any atom is 0.137 e. The molecule has 0 aromatic carbocycles. The zero-order valence-corrected chi connectivity index (χ0v) is 10.6. The zero-order chi connectivity index (χ0) is 11.8. The number of anilines is 1. The quantitative estimate of drug-likeness (QED) is 0.841. The lowest BCUT2D eigenvalue weighted by Gasteiger charge is -2.15. The fourth-order valence-electron chi connectivity index (χ4n) is 2.01. The molecule has 1 saturated carbocycles. The molecule has 5 heteroatoms. The number of nitrogens with one attached hydrogen (secondary N) is 1. The van der Waals surface area contributed by atoms with Gasteiger partial charge in [-0.3, -0.25) is 0 Å². The van der Waals surface area contributed by atoms with Crippen molar-refractivity contribution in [1.29, 1.82) is 0 Å². The standard InChI is InChI=1S/C12H16ClN3O/c1-7-10(13)15-12(8-2-3-8)16-11(7)14-9-4-5-17-6-9/h8-9H,2-6H2,1H3,(H,14,15,16). The maximum atomic E-state index is 6.15. The van der Waals surface area contributed by atoms with Crippen LogP contribution in [0, 0.1) is 6.92 Å². The molecule has 2 fully saturated rings. The van der Waals surface area contributed by atoms with Gasteiger partial charge in [0, 0.05) is 18.1 Å². The van der Waals surface area contributed by atoms with Crippen LogP contribution in [-0.2, 0) is 4.74 Å². The molecule has 0 bridgehead atoms. The molecule has 0 spiro atoms. The summed E-state index contributed by atoms with van der Waals surface area (Å²) < 4.78 is 5.35. The van der Waals surface area contributed by atoms with E-state index in [2.05, 4.69) is 15.3 Å². The van der Waals surface area contributed by atoms with E-state index < -0.39 is 0 Å². The van der Waals surface area contributed by atoms with Crippen molar-refractivity contribution >= 4 is 17.4 Å². The van der Waals surface area contributed by atoms with Crippen LogP contribution < -0.4 is 5.32 Å². The second kappa shape index (κ2) is 4.42. The highest BCUT2D eigenvalue weighted by Gasteiger charge is 2.28. The molecule has 1 atom stereocenters. The highest BCUT2D eigenvalue weighted by molar-refractivity contribution is 6.30. The van der Waals surface area contributed by atoms with Crippen LogP contribution in [-0.4, -0.2) is 29.2 Å². The van der Waals surface area contributed by atoms with Crippen LogP contribution in [0.5, 0.6) is 0 Å². The van der Waals surface area contributed by atoms with Crippen LogP contribution in [0.15, 0.2) is 0 Å². The summed E-state index contributed by atoms with van der Waals surface area (Å²) in [6, 6.07) is 0.353. The number of ether oxygens (including phenoxy) is 1. The number of hydrogen-bond donors (Lipinski definition) is 1. The summed E-state index contributed by atoms with van der Waals surface area (Å²) in [6.45, 7) is 3.53.